The summed E-state index contributed by atoms with van der Waals surface area (Å²) in [6.45, 7) is 1.56. The number of rotatable bonds is 0. The van der Waals surface area contributed by atoms with Crippen LogP contribution in [0.5, 0.6) is 0 Å². The highest BCUT2D eigenvalue weighted by Gasteiger charge is 1.98. The van der Waals surface area contributed by atoms with Gasteiger partial charge in [-0.15, -0.1) is 0 Å². The van der Waals surface area contributed by atoms with E-state index in [0.29, 0.717) is 7.69 Å². The van der Waals surface area contributed by atoms with E-state index in [4.69, 9.17) is 9.31 Å². The molecule has 1 saturated heterocycles. The van der Waals surface area contributed by atoms with Crippen molar-refractivity contribution in [3.8, 4) is 0 Å². The van der Waals surface area contributed by atoms with Crippen LogP contribution < -0.4 is 6.15 Å². The van der Waals surface area contributed by atoms with Crippen LogP contribution in [0.15, 0.2) is 0 Å². The fourth-order valence-electron chi connectivity index (χ4n) is 0.295. The molecule has 0 spiro atoms. The molecule has 4 heteroatoms. The van der Waals surface area contributed by atoms with Crippen LogP contribution in [0.3, 0.4) is 0 Å². The molecule has 0 aromatic carbocycles. The maximum atomic E-state index is 4.72. The van der Waals surface area contributed by atoms with E-state index in [1.165, 1.54) is 0 Å². The van der Waals surface area contributed by atoms with E-state index < -0.39 is 0 Å². The molecule has 0 saturated carbocycles. The summed E-state index contributed by atoms with van der Waals surface area (Å²) in [5.41, 5.74) is 0. The first-order valence-electron chi connectivity index (χ1n) is 1.65. The summed E-state index contributed by atoms with van der Waals surface area (Å²) >= 11 is 0. The van der Waals surface area contributed by atoms with E-state index in [9.17, 15) is 0 Å². The SMILES string of the molecule is B1OCCO1.N. The van der Waals surface area contributed by atoms with Crippen LogP contribution in [0.2, 0.25) is 0 Å². The molecule has 0 unspecified atom stereocenters. The summed E-state index contributed by atoms with van der Waals surface area (Å²) in [5, 5.41) is 0. The molecule has 0 radical (unpaired) electrons. The monoisotopic (exact) mass is 89.1 g/mol. The van der Waals surface area contributed by atoms with E-state index >= 15 is 0 Å². The summed E-state index contributed by atoms with van der Waals surface area (Å²) in [6.07, 6.45) is 0. The Morgan fingerprint density at radius 1 is 1.17 bits per heavy atom. The molecule has 1 aliphatic heterocycles. The van der Waals surface area contributed by atoms with E-state index in [-0.39, 0.29) is 6.15 Å². The van der Waals surface area contributed by atoms with E-state index in [0.717, 1.165) is 13.2 Å². The average Bonchev–Trinajstić information content (AvgIpc) is 1.76. The zero-order chi connectivity index (χ0) is 3.54. The largest absolute Gasteiger partial charge is 0.438 e. The van der Waals surface area contributed by atoms with E-state index in [1.54, 1.807) is 0 Å². The molecule has 1 heterocycles. The van der Waals surface area contributed by atoms with Crippen molar-refractivity contribution < 1.29 is 9.31 Å². The van der Waals surface area contributed by atoms with Crippen LogP contribution >= 0.6 is 0 Å². The summed E-state index contributed by atoms with van der Waals surface area (Å²) in [5.74, 6) is 0. The van der Waals surface area contributed by atoms with Gasteiger partial charge in [0.15, 0.2) is 0 Å². The third kappa shape index (κ3) is 1.40. The van der Waals surface area contributed by atoms with Gasteiger partial charge in [-0.1, -0.05) is 0 Å². The zero-order valence-corrected chi connectivity index (χ0v) is 3.64. The highest BCUT2D eigenvalue weighted by molar-refractivity contribution is 6.18. The lowest BCUT2D eigenvalue weighted by molar-refractivity contribution is 0.365. The van der Waals surface area contributed by atoms with Crippen LogP contribution in [0, 0.1) is 0 Å². The predicted molar refractivity (Wildman–Crippen MR) is 24.1 cm³/mol. The Labute approximate surface area is 37.5 Å². The molecule has 0 atom stereocenters. The maximum absolute atomic E-state index is 4.72. The molecule has 0 aliphatic carbocycles. The quantitative estimate of drug-likeness (QED) is 0.405. The molecule has 3 N–H and O–H groups in total. The van der Waals surface area contributed by atoms with Gasteiger partial charge in [0.2, 0.25) is 0 Å². The minimum absolute atomic E-state index is 0. The average molecular weight is 88.9 g/mol. The Kier molecular flexibility index (Phi) is 3.12. The molecule has 0 aromatic rings. The third-order valence-electron chi connectivity index (χ3n) is 0.539. The van der Waals surface area contributed by atoms with Gasteiger partial charge in [-0.05, 0) is 0 Å². The molecule has 1 fully saturated rings. The lowest BCUT2D eigenvalue weighted by atomic mass is 10.4. The lowest BCUT2D eigenvalue weighted by Crippen LogP contribution is -1.83. The molecular weight excluding hydrogens is 80.8 g/mol. The molecule has 0 amide bonds. The van der Waals surface area contributed by atoms with Crippen molar-refractivity contribution in [1.82, 2.24) is 6.15 Å². The minimum atomic E-state index is 0. The number of hydrogen-bond donors (Lipinski definition) is 1. The molecule has 1 aliphatic rings. The molecule has 6 heavy (non-hydrogen) atoms. The van der Waals surface area contributed by atoms with Crippen LogP contribution in [-0.2, 0) is 9.31 Å². The minimum Gasteiger partial charge on any atom is -0.412 e. The van der Waals surface area contributed by atoms with Gasteiger partial charge < -0.3 is 15.5 Å². The van der Waals surface area contributed by atoms with Gasteiger partial charge in [0.1, 0.15) is 0 Å². The predicted octanol–water partition coefficient (Wildman–Crippen LogP) is -0.538. The van der Waals surface area contributed by atoms with Gasteiger partial charge in [-0.2, -0.15) is 0 Å². The van der Waals surface area contributed by atoms with Crippen molar-refractivity contribution in [1.29, 1.82) is 0 Å². The van der Waals surface area contributed by atoms with Crippen molar-refractivity contribution >= 4 is 7.69 Å². The van der Waals surface area contributed by atoms with E-state index in [2.05, 4.69) is 0 Å². The third-order valence-corrected chi connectivity index (χ3v) is 0.539. The van der Waals surface area contributed by atoms with Gasteiger partial charge in [0.05, 0.1) is 13.2 Å². The van der Waals surface area contributed by atoms with Gasteiger partial charge in [-0.25, -0.2) is 0 Å². The Hall–Kier alpha value is -0.0551. The first-order chi connectivity index (χ1) is 2.50. The van der Waals surface area contributed by atoms with Crippen molar-refractivity contribution in [2.24, 2.45) is 0 Å². The maximum Gasteiger partial charge on any atom is 0.438 e. The normalized spacial score (nSPS) is 18.7. The Morgan fingerprint density at radius 3 is 1.83 bits per heavy atom. The molecule has 36 valence electrons. The van der Waals surface area contributed by atoms with Crippen molar-refractivity contribution in [2.45, 2.75) is 0 Å². The van der Waals surface area contributed by atoms with Gasteiger partial charge in [-0.3, -0.25) is 0 Å². The molecular formula is C2H8BNO2. The standard InChI is InChI=1S/C2H5BO2.H3N/c1-2-5-3-4-1;/h3H,1-2H2;1H3. The summed E-state index contributed by atoms with van der Waals surface area (Å²) in [4.78, 5) is 0. The second kappa shape index (κ2) is 3.15. The van der Waals surface area contributed by atoms with Crippen LogP contribution in [0.1, 0.15) is 0 Å². The Bertz CT molecular complexity index is 23.1. The zero-order valence-electron chi connectivity index (χ0n) is 3.64. The first-order valence-corrected chi connectivity index (χ1v) is 1.65. The topological polar surface area (TPSA) is 53.5 Å². The lowest BCUT2D eigenvalue weighted by Gasteiger charge is -1.71. The summed E-state index contributed by atoms with van der Waals surface area (Å²) < 4.78 is 9.44. The van der Waals surface area contributed by atoms with Crippen molar-refractivity contribution in [3.05, 3.63) is 0 Å². The van der Waals surface area contributed by atoms with Crippen molar-refractivity contribution in [3.63, 3.8) is 0 Å². The fourth-order valence-corrected chi connectivity index (χ4v) is 0.295. The molecule has 1 rings (SSSR count). The van der Waals surface area contributed by atoms with E-state index in [1.807, 2.05) is 0 Å². The Balaban J connectivity index is 0.000000250. The highest BCUT2D eigenvalue weighted by atomic mass is 16.6. The smallest absolute Gasteiger partial charge is 0.412 e. The van der Waals surface area contributed by atoms with Crippen molar-refractivity contribution in [2.75, 3.05) is 13.2 Å². The summed E-state index contributed by atoms with van der Waals surface area (Å²) in [7, 11) is 0.500. The molecule has 0 bridgehead atoms. The molecule has 3 nitrogen and oxygen atoms in total. The fraction of sp³-hybridized carbons (Fsp3) is 1.00. The van der Waals surface area contributed by atoms with Gasteiger partial charge in [0.25, 0.3) is 0 Å². The molecule has 0 aromatic heterocycles. The van der Waals surface area contributed by atoms with Crippen LogP contribution in [0.25, 0.3) is 0 Å². The van der Waals surface area contributed by atoms with Gasteiger partial charge >= 0.3 is 7.69 Å². The number of hydrogen-bond acceptors (Lipinski definition) is 3. The highest BCUT2D eigenvalue weighted by Crippen LogP contribution is 1.82. The first kappa shape index (κ1) is 5.94. The second-order valence-corrected chi connectivity index (χ2v) is 0.934. The van der Waals surface area contributed by atoms with Gasteiger partial charge in [0, 0.05) is 0 Å². The summed E-state index contributed by atoms with van der Waals surface area (Å²) in [6, 6.07) is 0. The Morgan fingerprint density at radius 2 is 1.67 bits per heavy atom. The van der Waals surface area contributed by atoms with Crippen LogP contribution in [0.4, 0.5) is 0 Å². The van der Waals surface area contributed by atoms with Crippen LogP contribution in [-0.4, -0.2) is 20.9 Å². The second-order valence-electron chi connectivity index (χ2n) is 0.934.